The molecule has 0 saturated carbocycles. The molecule has 11 heteroatoms. The largest absolute Gasteiger partial charge is 0.417 e. The molecule has 0 bridgehead atoms. The van der Waals surface area contributed by atoms with E-state index in [1.165, 1.54) is 6.20 Å². The van der Waals surface area contributed by atoms with Crippen LogP contribution in [-0.4, -0.2) is 33.3 Å². The van der Waals surface area contributed by atoms with Crippen molar-refractivity contribution in [2.24, 2.45) is 0 Å². The van der Waals surface area contributed by atoms with E-state index in [1.807, 2.05) is 0 Å². The van der Waals surface area contributed by atoms with Crippen LogP contribution in [0, 0.1) is 0 Å². The Kier molecular flexibility index (Phi) is 5.36. The summed E-state index contributed by atoms with van der Waals surface area (Å²) >= 11 is 6.08. The van der Waals surface area contributed by atoms with Crippen LogP contribution >= 0.6 is 11.6 Å². The quantitative estimate of drug-likeness (QED) is 0.824. The van der Waals surface area contributed by atoms with Crippen LogP contribution in [0.25, 0.3) is 5.82 Å². The highest BCUT2D eigenvalue weighted by atomic mass is 35.5. The molecular formula is C16H15ClF3N5O2. The predicted octanol–water partition coefficient (Wildman–Crippen LogP) is 2.38. The van der Waals surface area contributed by atoms with Crippen LogP contribution in [0.3, 0.4) is 0 Å². The van der Waals surface area contributed by atoms with Gasteiger partial charge >= 0.3 is 6.18 Å². The average molecular weight is 402 g/mol. The van der Waals surface area contributed by atoms with E-state index in [1.54, 1.807) is 0 Å². The highest BCUT2D eigenvalue weighted by Gasteiger charge is 2.31. The van der Waals surface area contributed by atoms with Crippen LogP contribution in [0.4, 0.5) is 18.9 Å². The molecule has 1 aliphatic rings. The second-order valence-electron chi connectivity index (χ2n) is 5.98. The fourth-order valence-corrected chi connectivity index (χ4v) is 2.82. The monoisotopic (exact) mass is 401 g/mol. The summed E-state index contributed by atoms with van der Waals surface area (Å²) < 4.78 is 38.6. The summed E-state index contributed by atoms with van der Waals surface area (Å²) in [5, 5.41) is 9.32. The number of alkyl halides is 3. The molecule has 0 aliphatic carbocycles. The number of anilines is 1. The minimum atomic E-state index is -4.53. The number of aromatic nitrogens is 3. The number of amides is 1. The van der Waals surface area contributed by atoms with Gasteiger partial charge in [-0.1, -0.05) is 11.6 Å². The molecule has 27 heavy (non-hydrogen) atoms. The predicted molar refractivity (Wildman–Crippen MR) is 91.9 cm³/mol. The molecular weight excluding hydrogens is 387 g/mol. The maximum atomic E-state index is 12.6. The maximum Gasteiger partial charge on any atom is 0.417 e. The van der Waals surface area contributed by atoms with Gasteiger partial charge in [0.05, 0.1) is 17.4 Å². The standard InChI is InChI=1S/C16H15ClF3N5O2/c17-13-11(24-10-3-1-2-6-21-14(10)26)8-23-25(15(13)27)12-5-4-9(7-22-12)16(18,19)20/h4-5,7-8,10,24H,1-3,6H2,(H,21,26). The van der Waals surface area contributed by atoms with Crippen molar-refractivity contribution in [3.05, 3.63) is 45.5 Å². The molecule has 3 heterocycles. The Morgan fingerprint density at radius 1 is 1.22 bits per heavy atom. The molecule has 1 atom stereocenters. The molecule has 1 saturated heterocycles. The fourth-order valence-electron chi connectivity index (χ4n) is 2.64. The Balaban J connectivity index is 1.87. The third-order valence-corrected chi connectivity index (χ3v) is 4.44. The third-order valence-electron chi connectivity index (χ3n) is 4.08. The Labute approximate surface area is 156 Å². The zero-order valence-electron chi connectivity index (χ0n) is 13.9. The first-order valence-electron chi connectivity index (χ1n) is 8.13. The van der Waals surface area contributed by atoms with Gasteiger partial charge in [0.2, 0.25) is 5.91 Å². The van der Waals surface area contributed by atoms with E-state index in [-0.39, 0.29) is 22.4 Å². The van der Waals surface area contributed by atoms with E-state index in [9.17, 15) is 22.8 Å². The second kappa shape index (κ2) is 7.55. The SMILES string of the molecule is O=C1NCCCCC1Nc1cnn(-c2ccc(C(F)(F)F)cn2)c(=O)c1Cl. The van der Waals surface area contributed by atoms with E-state index in [2.05, 4.69) is 20.7 Å². The maximum absolute atomic E-state index is 12.6. The van der Waals surface area contributed by atoms with Crippen molar-refractivity contribution in [3.8, 4) is 5.82 Å². The van der Waals surface area contributed by atoms with Gasteiger partial charge in [0.15, 0.2) is 5.82 Å². The number of rotatable bonds is 3. The Bertz CT molecular complexity index is 898. The van der Waals surface area contributed by atoms with E-state index in [4.69, 9.17) is 11.6 Å². The minimum absolute atomic E-state index is 0.103. The van der Waals surface area contributed by atoms with Gasteiger partial charge in [0.25, 0.3) is 5.56 Å². The summed E-state index contributed by atoms with van der Waals surface area (Å²) in [5.41, 5.74) is -1.53. The van der Waals surface area contributed by atoms with Crippen molar-refractivity contribution in [2.45, 2.75) is 31.5 Å². The number of carbonyl (C=O) groups is 1. The molecule has 7 nitrogen and oxygen atoms in total. The number of carbonyl (C=O) groups excluding carboxylic acids is 1. The van der Waals surface area contributed by atoms with Gasteiger partial charge in [0.1, 0.15) is 11.1 Å². The lowest BCUT2D eigenvalue weighted by Crippen LogP contribution is -2.38. The van der Waals surface area contributed by atoms with Gasteiger partial charge in [0, 0.05) is 12.7 Å². The zero-order chi connectivity index (χ0) is 19.6. The average Bonchev–Trinajstić information content (AvgIpc) is 2.83. The van der Waals surface area contributed by atoms with E-state index in [0.717, 1.165) is 29.7 Å². The minimum Gasteiger partial charge on any atom is -0.371 e. The highest BCUT2D eigenvalue weighted by Crippen LogP contribution is 2.28. The Morgan fingerprint density at radius 2 is 2.00 bits per heavy atom. The summed E-state index contributed by atoms with van der Waals surface area (Å²) in [7, 11) is 0. The van der Waals surface area contributed by atoms with Crippen molar-refractivity contribution in [3.63, 3.8) is 0 Å². The normalized spacial score (nSPS) is 17.9. The zero-order valence-corrected chi connectivity index (χ0v) is 14.6. The Hall–Kier alpha value is -2.62. The molecule has 3 rings (SSSR count). The molecule has 1 aliphatic heterocycles. The fraction of sp³-hybridized carbons (Fsp3) is 0.375. The van der Waals surface area contributed by atoms with Crippen molar-refractivity contribution >= 4 is 23.2 Å². The first kappa shape index (κ1) is 19.2. The molecule has 0 spiro atoms. The number of nitrogens with zero attached hydrogens (tertiary/aromatic N) is 3. The first-order valence-corrected chi connectivity index (χ1v) is 8.51. The van der Waals surface area contributed by atoms with Crippen LogP contribution in [0.1, 0.15) is 24.8 Å². The lowest BCUT2D eigenvalue weighted by molar-refractivity contribution is -0.137. The molecule has 2 aromatic rings. The van der Waals surface area contributed by atoms with Crippen molar-refractivity contribution in [2.75, 3.05) is 11.9 Å². The van der Waals surface area contributed by atoms with Gasteiger partial charge in [-0.05, 0) is 31.4 Å². The molecule has 0 radical (unpaired) electrons. The number of halogens is 4. The number of hydrogen-bond acceptors (Lipinski definition) is 5. The van der Waals surface area contributed by atoms with E-state index < -0.39 is 23.3 Å². The highest BCUT2D eigenvalue weighted by molar-refractivity contribution is 6.33. The van der Waals surface area contributed by atoms with Crippen LogP contribution in [0.5, 0.6) is 0 Å². The van der Waals surface area contributed by atoms with Crippen molar-refractivity contribution in [1.29, 1.82) is 0 Å². The summed E-state index contributed by atoms with van der Waals surface area (Å²) in [4.78, 5) is 28.0. The third kappa shape index (κ3) is 4.21. The summed E-state index contributed by atoms with van der Waals surface area (Å²) in [5.74, 6) is -0.300. The second-order valence-corrected chi connectivity index (χ2v) is 6.35. The van der Waals surface area contributed by atoms with E-state index >= 15 is 0 Å². The lowest BCUT2D eigenvalue weighted by atomic mass is 10.1. The number of nitrogens with one attached hydrogen (secondary N) is 2. The molecule has 0 aromatic carbocycles. The molecule has 1 amide bonds. The summed E-state index contributed by atoms with van der Waals surface area (Å²) in [6.45, 7) is 0.587. The van der Waals surface area contributed by atoms with Crippen molar-refractivity contribution < 1.29 is 18.0 Å². The van der Waals surface area contributed by atoms with Crippen LogP contribution in [0.15, 0.2) is 29.3 Å². The van der Waals surface area contributed by atoms with Gasteiger partial charge in [-0.2, -0.15) is 23.0 Å². The topological polar surface area (TPSA) is 88.9 Å². The summed E-state index contributed by atoms with van der Waals surface area (Å²) in [6, 6.07) is 1.28. The smallest absolute Gasteiger partial charge is 0.371 e. The van der Waals surface area contributed by atoms with Gasteiger partial charge < -0.3 is 10.6 Å². The molecule has 2 N–H and O–H groups in total. The van der Waals surface area contributed by atoms with Crippen LogP contribution in [-0.2, 0) is 11.0 Å². The molecule has 1 unspecified atom stereocenters. The number of hydrogen-bond donors (Lipinski definition) is 2. The lowest BCUT2D eigenvalue weighted by Gasteiger charge is -2.17. The number of pyridine rings is 1. The van der Waals surface area contributed by atoms with Gasteiger partial charge in [-0.3, -0.25) is 9.59 Å². The Morgan fingerprint density at radius 3 is 2.67 bits per heavy atom. The van der Waals surface area contributed by atoms with Gasteiger partial charge in [-0.15, -0.1) is 0 Å². The first-order chi connectivity index (χ1) is 12.8. The summed E-state index contributed by atoms with van der Waals surface area (Å²) in [6.07, 6.45) is -0.425. The molecule has 2 aromatic heterocycles. The van der Waals surface area contributed by atoms with Crippen LogP contribution in [0.2, 0.25) is 5.02 Å². The molecule has 1 fully saturated rings. The van der Waals surface area contributed by atoms with Crippen molar-refractivity contribution in [1.82, 2.24) is 20.1 Å². The van der Waals surface area contributed by atoms with E-state index in [0.29, 0.717) is 19.2 Å². The van der Waals surface area contributed by atoms with Crippen LogP contribution < -0.4 is 16.2 Å². The van der Waals surface area contributed by atoms with Gasteiger partial charge in [-0.25, -0.2) is 4.98 Å². The molecule has 144 valence electrons.